The van der Waals surface area contributed by atoms with E-state index in [1.54, 1.807) is 0 Å². The minimum atomic E-state index is -0.154. The Labute approximate surface area is 82.9 Å². The van der Waals surface area contributed by atoms with Gasteiger partial charge >= 0.3 is 0 Å². The van der Waals surface area contributed by atoms with Crippen molar-refractivity contribution in [2.24, 2.45) is 10.8 Å². The molecule has 0 saturated carbocycles. The first-order valence-corrected chi connectivity index (χ1v) is 5.33. The van der Waals surface area contributed by atoms with E-state index in [1.165, 1.54) is 0 Å². The molecule has 0 heterocycles. The van der Waals surface area contributed by atoms with E-state index in [2.05, 4.69) is 27.7 Å². The highest BCUT2D eigenvalue weighted by Gasteiger charge is 2.36. The van der Waals surface area contributed by atoms with Crippen molar-refractivity contribution in [2.75, 3.05) is 0 Å². The number of hydrogen-bond acceptors (Lipinski definition) is 1. The van der Waals surface area contributed by atoms with Crippen LogP contribution in [0.4, 0.5) is 0 Å². The fourth-order valence-electron chi connectivity index (χ4n) is 1.82. The van der Waals surface area contributed by atoms with E-state index in [-0.39, 0.29) is 10.8 Å². The first-order chi connectivity index (χ1) is 5.78. The average Bonchev–Trinajstić information content (AvgIpc) is 2.03. The lowest BCUT2D eigenvalue weighted by Crippen LogP contribution is -2.36. The Hall–Kier alpha value is -0.330. The molecule has 0 aliphatic heterocycles. The number of carbonyl (C=O) groups is 1. The van der Waals surface area contributed by atoms with Gasteiger partial charge in [0.2, 0.25) is 0 Å². The summed E-state index contributed by atoms with van der Waals surface area (Å²) in [7, 11) is 0. The van der Waals surface area contributed by atoms with Crippen molar-refractivity contribution in [1.82, 2.24) is 0 Å². The summed E-state index contributed by atoms with van der Waals surface area (Å²) in [6, 6.07) is 0. The largest absolute Gasteiger partial charge is 0.299 e. The monoisotopic (exact) mass is 184 g/mol. The molecular weight excluding hydrogens is 160 g/mol. The van der Waals surface area contributed by atoms with Crippen molar-refractivity contribution in [2.45, 2.75) is 60.8 Å². The lowest BCUT2D eigenvalue weighted by atomic mass is 9.70. The minimum absolute atomic E-state index is 0.145. The van der Waals surface area contributed by atoms with Crippen LogP contribution in [0.25, 0.3) is 0 Å². The van der Waals surface area contributed by atoms with Crippen molar-refractivity contribution in [1.29, 1.82) is 0 Å². The fourth-order valence-corrected chi connectivity index (χ4v) is 1.82. The van der Waals surface area contributed by atoms with Crippen LogP contribution in [0.2, 0.25) is 0 Å². The number of carbonyl (C=O) groups excluding carboxylic acids is 1. The second-order valence-corrected chi connectivity index (χ2v) is 5.20. The molecule has 0 saturated heterocycles. The molecule has 0 aromatic rings. The van der Waals surface area contributed by atoms with Gasteiger partial charge in [-0.05, 0) is 12.8 Å². The molecule has 1 heteroatoms. The molecule has 0 aliphatic rings. The average molecular weight is 184 g/mol. The van der Waals surface area contributed by atoms with Gasteiger partial charge < -0.3 is 0 Å². The predicted molar refractivity (Wildman–Crippen MR) is 57.8 cm³/mol. The van der Waals surface area contributed by atoms with Gasteiger partial charge in [0.15, 0.2) is 0 Å². The van der Waals surface area contributed by atoms with E-state index in [0.717, 1.165) is 19.3 Å². The summed E-state index contributed by atoms with van der Waals surface area (Å²) in [4.78, 5) is 12.1. The third-order valence-electron chi connectivity index (χ3n) is 2.99. The van der Waals surface area contributed by atoms with Gasteiger partial charge in [0, 0.05) is 10.8 Å². The summed E-state index contributed by atoms with van der Waals surface area (Å²) in [6.07, 6.45) is 3.01. The molecule has 0 rings (SSSR count). The van der Waals surface area contributed by atoms with Gasteiger partial charge in [-0.3, -0.25) is 4.79 Å². The van der Waals surface area contributed by atoms with Crippen molar-refractivity contribution in [3.05, 3.63) is 0 Å². The SMILES string of the molecule is CCCC(C)(C)C(=O)C(C)(C)CC. The molecule has 78 valence electrons. The van der Waals surface area contributed by atoms with Gasteiger partial charge in [-0.25, -0.2) is 0 Å². The maximum absolute atomic E-state index is 12.1. The standard InChI is InChI=1S/C12H24O/c1-7-9-12(5,6)10(13)11(3,4)8-2/h7-9H2,1-6H3. The van der Waals surface area contributed by atoms with Crippen LogP contribution < -0.4 is 0 Å². The Morgan fingerprint density at radius 2 is 1.46 bits per heavy atom. The quantitative estimate of drug-likeness (QED) is 0.635. The Morgan fingerprint density at radius 1 is 1.00 bits per heavy atom. The van der Waals surface area contributed by atoms with Crippen LogP contribution in [-0.4, -0.2) is 5.78 Å². The van der Waals surface area contributed by atoms with Crippen LogP contribution in [0, 0.1) is 10.8 Å². The van der Waals surface area contributed by atoms with E-state index < -0.39 is 0 Å². The van der Waals surface area contributed by atoms with Crippen LogP contribution in [0.5, 0.6) is 0 Å². The van der Waals surface area contributed by atoms with E-state index in [9.17, 15) is 4.79 Å². The Bertz CT molecular complexity index is 178. The molecule has 0 radical (unpaired) electrons. The van der Waals surface area contributed by atoms with Crippen LogP contribution >= 0.6 is 0 Å². The summed E-state index contributed by atoms with van der Waals surface area (Å²) < 4.78 is 0. The summed E-state index contributed by atoms with van der Waals surface area (Å²) in [6.45, 7) is 12.4. The molecule has 0 unspecified atom stereocenters. The first kappa shape index (κ1) is 12.7. The van der Waals surface area contributed by atoms with Gasteiger partial charge in [0.25, 0.3) is 0 Å². The second-order valence-electron chi connectivity index (χ2n) is 5.20. The molecule has 0 aromatic heterocycles. The number of Topliss-reactive ketones (excluding diaryl/α,β-unsaturated/α-hetero) is 1. The molecule has 1 nitrogen and oxygen atoms in total. The van der Waals surface area contributed by atoms with E-state index >= 15 is 0 Å². The zero-order valence-corrected chi connectivity index (χ0v) is 10.0. The van der Waals surface area contributed by atoms with E-state index in [0.29, 0.717) is 5.78 Å². The van der Waals surface area contributed by atoms with Crippen molar-refractivity contribution in [3.8, 4) is 0 Å². The molecule has 0 aliphatic carbocycles. The molecule has 0 fully saturated rings. The van der Waals surface area contributed by atoms with Gasteiger partial charge in [-0.1, -0.05) is 48.0 Å². The third-order valence-corrected chi connectivity index (χ3v) is 2.99. The van der Waals surface area contributed by atoms with E-state index in [4.69, 9.17) is 0 Å². The van der Waals surface area contributed by atoms with Gasteiger partial charge in [-0.2, -0.15) is 0 Å². The molecule has 0 N–H and O–H groups in total. The highest BCUT2D eigenvalue weighted by molar-refractivity contribution is 5.88. The molecule has 0 amide bonds. The van der Waals surface area contributed by atoms with Crippen LogP contribution in [-0.2, 0) is 4.79 Å². The summed E-state index contributed by atoms with van der Waals surface area (Å²) in [5.74, 6) is 0.407. The first-order valence-electron chi connectivity index (χ1n) is 5.33. The molecular formula is C12H24O. The number of ketones is 1. The summed E-state index contributed by atoms with van der Waals surface area (Å²) in [5, 5.41) is 0. The molecule has 0 bridgehead atoms. The Balaban J connectivity index is 4.58. The second kappa shape index (κ2) is 4.26. The maximum atomic E-state index is 12.1. The minimum Gasteiger partial charge on any atom is -0.299 e. The topological polar surface area (TPSA) is 17.1 Å². The number of hydrogen-bond donors (Lipinski definition) is 0. The van der Waals surface area contributed by atoms with Gasteiger partial charge in [0.1, 0.15) is 5.78 Å². The highest BCUT2D eigenvalue weighted by atomic mass is 16.1. The number of rotatable bonds is 5. The summed E-state index contributed by atoms with van der Waals surface area (Å²) in [5.41, 5.74) is -0.299. The van der Waals surface area contributed by atoms with Crippen LogP contribution in [0.3, 0.4) is 0 Å². The molecule has 13 heavy (non-hydrogen) atoms. The maximum Gasteiger partial charge on any atom is 0.144 e. The normalized spacial score (nSPS) is 13.1. The Morgan fingerprint density at radius 3 is 1.77 bits per heavy atom. The van der Waals surface area contributed by atoms with Crippen molar-refractivity contribution >= 4 is 5.78 Å². The van der Waals surface area contributed by atoms with Crippen LogP contribution in [0.15, 0.2) is 0 Å². The molecule has 0 atom stereocenters. The zero-order valence-electron chi connectivity index (χ0n) is 10.0. The van der Waals surface area contributed by atoms with Crippen molar-refractivity contribution in [3.63, 3.8) is 0 Å². The summed E-state index contributed by atoms with van der Waals surface area (Å²) >= 11 is 0. The van der Waals surface area contributed by atoms with Gasteiger partial charge in [0.05, 0.1) is 0 Å². The van der Waals surface area contributed by atoms with E-state index in [1.807, 2.05) is 13.8 Å². The third kappa shape index (κ3) is 3.13. The zero-order chi connectivity index (χ0) is 10.7. The fraction of sp³-hybridized carbons (Fsp3) is 0.917. The lowest BCUT2D eigenvalue weighted by Gasteiger charge is -2.32. The lowest BCUT2D eigenvalue weighted by molar-refractivity contribution is -0.136. The molecule has 0 spiro atoms. The smallest absolute Gasteiger partial charge is 0.144 e. The Kier molecular flexibility index (Phi) is 4.15. The molecule has 0 aromatic carbocycles. The highest BCUT2D eigenvalue weighted by Crippen LogP contribution is 2.34. The van der Waals surface area contributed by atoms with Crippen molar-refractivity contribution < 1.29 is 4.79 Å². The predicted octanol–water partition coefficient (Wildman–Crippen LogP) is 3.82. The van der Waals surface area contributed by atoms with Gasteiger partial charge in [-0.15, -0.1) is 0 Å². The van der Waals surface area contributed by atoms with Crippen LogP contribution in [0.1, 0.15) is 60.8 Å².